The third-order valence-corrected chi connectivity index (χ3v) is 6.31. The molecule has 0 spiro atoms. The van der Waals surface area contributed by atoms with Crippen molar-refractivity contribution in [2.24, 2.45) is 0 Å². The van der Waals surface area contributed by atoms with Crippen LogP contribution >= 0.6 is 0 Å². The number of anilines is 1. The summed E-state index contributed by atoms with van der Waals surface area (Å²) in [5.74, 6) is 1.12. The summed E-state index contributed by atoms with van der Waals surface area (Å²) in [7, 11) is -2.16. The molecule has 0 saturated carbocycles. The number of sulfonamides is 1. The molecule has 1 atom stereocenters. The van der Waals surface area contributed by atoms with Crippen LogP contribution in [0, 0.1) is 0 Å². The zero-order chi connectivity index (χ0) is 21.2. The molecule has 29 heavy (non-hydrogen) atoms. The molecule has 156 valence electrons. The van der Waals surface area contributed by atoms with Crippen LogP contribution in [0.5, 0.6) is 11.5 Å². The van der Waals surface area contributed by atoms with Crippen molar-refractivity contribution in [3.63, 3.8) is 0 Å². The first-order chi connectivity index (χ1) is 13.8. The summed E-state index contributed by atoms with van der Waals surface area (Å²) >= 11 is 0. The maximum absolute atomic E-state index is 12.8. The number of carbonyl (C=O) groups is 1. The van der Waals surface area contributed by atoms with Gasteiger partial charge in [0.15, 0.2) is 11.5 Å². The molecule has 1 aliphatic rings. The molecule has 1 amide bonds. The van der Waals surface area contributed by atoms with Crippen molar-refractivity contribution in [3.05, 3.63) is 47.5 Å². The van der Waals surface area contributed by atoms with E-state index < -0.39 is 10.0 Å². The molecule has 8 heteroatoms. The quantitative estimate of drug-likeness (QED) is 0.747. The van der Waals surface area contributed by atoms with Gasteiger partial charge in [-0.2, -0.15) is 0 Å². The molecule has 0 radical (unpaired) electrons. The highest BCUT2D eigenvalue weighted by Crippen LogP contribution is 2.34. The Morgan fingerprint density at radius 1 is 1.21 bits per heavy atom. The third kappa shape index (κ3) is 4.38. The van der Waals surface area contributed by atoms with Gasteiger partial charge in [0.05, 0.1) is 18.6 Å². The molecular formula is C21H26N2O5S. The lowest BCUT2D eigenvalue weighted by Crippen LogP contribution is -2.33. The zero-order valence-corrected chi connectivity index (χ0v) is 17.9. The first kappa shape index (κ1) is 21.1. The number of amides is 1. The molecule has 2 aromatic rings. The molecule has 2 aromatic carbocycles. The Labute approximate surface area is 171 Å². The number of hydrogen-bond acceptors (Lipinski definition) is 5. The number of methoxy groups -OCH3 is 1. The molecule has 0 aliphatic carbocycles. The lowest BCUT2D eigenvalue weighted by Gasteiger charge is -2.20. The minimum absolute atomic E-state index is 0.0183. The van der Waals surface area contributed by atoms with E-state index in [1.165, 1.54) is 13.0 Å². The summed E-state index contributed by atoms with van der Waals surface area (Å²) in [5.41, 5.74) is 2.39. The Morgan fingerprint density at radius 2 is 1.97 bits per heavy atom. The van der Waals surface area contributed by atoms with E-state index in [0.717, 1.165) is 16.8 Å². The van der Waals surface area contributed by atoms with E-state index in [-0.39, 0.29) is 23.4 Å². The molecule has 3 rings (SSSR count). The van der Waals surface area contributed by atoms with Crippen molar-refractivity contribution >= 4 is 21.6 Å². The molecule has 0 fully saturated rings. The standard InChI is InChI=1S/C21H26N2O5S/c1-5-28-20-9-6-16(11-21(20)27-4)13-22-29(25,26)18-7-8-19-17(12-18)10-14(2)23(19)15(3)24/h6-9,11-12,14,22H,5,10,13H2,1-4H3/t14-/m0/s1. The van der Waals surface area contributed by atoms with Crippen LogP contribution in [0.3, 0.4) is 0 Å². The Balaban J connectivity index is 1.77. The van der Waals surface area contributed by atoms with Gasteiger partial charge >= 0.3 is 0 Å². The van der Waals surface area contributed by atoms with Crippen molar-refractivity contribution < 1.29 is 22.7 Å². The molecule has 0 unspecified atom stereocenters. The van der Waals surface area contributed by atoms with Crippen LogP contribution in [0.15, 0.2) is 41.3 Å². The van der Waals surface area contributed by atoms with Gasteiger partial charge in [0.1, 0.15) is 0 Å². The number of fused-ring (bicyclic) bond motifs is 1. The van der Waals surface area contributed by atoms with Gasteiger partial charge in [0.25, 0.3) is 0 Å². The second kappa shape index (κ2) is 8.42. The van der Waals surface area contributed by atoms with Gasteiger partial charge in [0, 0.05) is 25.2 Å². The van der Waals surface area contributed by atoms with Crippen LogP contribution in [-0.4, -0.2) is 34.1 Å². The highest BCUT2D eigenvalue weighted by atomic mass is 32.2. The summed E-state index contributed by atoms with van der Waals surface area (Å²) in [4.78, 5) is 13.7. The number of carbonyl (C=O) groups excluding carboxylic acids is 1. The SMILES string of the molecule is CCOc1ccc(CNS(=O)(=O)c2ccc3c(c2)C[C@H](C)N3C(C)=O)cc1OC. The maximum atomic E-state index is 12.8. The van der Waals surface area contributed by atoms with Crippen LogP contribution in [0.25, 0.3) is 0 Å². The van der Waals surface area contributed by atoms with E-state index in [0.29, 0.717) is 24.5 Å². The lowest BCUT2D eigenvalue weighted by molar-refractivity contribution is -0.116. The van der Waals surface area contributed by atoms with Crippen LogP contribution < -0.4 is 19.1 Å². The summed E-state index contributed by atoms with van der Waals surface area (Å²) in [6.07, 6.45) is 0.633. The number of nitrogens with zero attached hydrogens (tertiary/aromatic N) is 1. The van der Waals surface area contributed by atoms with Crippen LogP contribution in [0.1, 0.15) is 31.9 Å². The third-order valence-electron chi connectivity index (χ3n) is 4.91. The minimum atomic E-state index is -3.70. The summed E-state index contributed by atoms with van der Waals surface area (Å²) < 4.78 is 39.0. The average Bonchev–Trinajstić information content (AvgIpc) is 3.02. The molecule has 0 saturated heterocycles. The Hall–Kier alpha value is -2.58. The smallest absolute Gasteiger partial charge is 0.240 e. The fourth-order valence-corrected chi connectivity index (χ4v) is 4.68. The second-order valence-electron chi connectivity index (χ2n) is 6.98. The largest absolute Gasteiger partial charge is 0.493 e. The Kier molecular flexibility index (Phi) is 6.14. The van der Waals surface area contributed by atoms with Gasteiger partial charge in [-0.25, -0.2) is 13.1 Å². The fraction of sp³-hybridized carbons (Fsp3) is 0.381. The van der Waals surface area contributed by atoms with Crippen molar-refractivity contribution in [2.75, 3.05) is 18.6 Å². The highest BCUT2D eigenvalue weighted by Gasteiger charge is 2.30. The normalized spacial score (nSPS) is 15.9. The van der Waals surface area contributed by atoms with E-state index >= 15 is 0 Å². The van der Waals surface area contributed by atoms with Gasteiger partial charge < -0.3 is 14.4 Å². The number of hydrogen-bond donors (Lipinski definition) is 1. The molecule has 7 nitrogen and oxygen atoms in total. The number of rotatable bonds is 7. The molecule has 0 bridgehead atoms. The minimum Gasteiger partial charge on any atom is -0.493 e. The first-order valence-corrected chi connectivity index (χ1v) is 11.0. The molecule has 1 aliphatic heterocycles. The van der Waals surface area contributed by atoms with Crippen molar-refractivity contribution in [3.8, 4) is 11.5 Å². The summed E-state index contributed by atoms with van der Waals surface area (Å²) in [6, 6.07) is 10.2. The summed E-state index contributed by atoms with van der Waals surface area (Å²) in [5, 5.41) is 0. The van der Waals surface area contributed by atoms with Crippen LogP contribution in [-0.2, 0) is 27.8 Å². The van der Waals surface area contributed by atoms with E-state index in [1.54, 1.807) is 42.3 Å². The first-order valence-electron chi connectivity index (χ1n) is 9.49. The van der Waals surface area contributed by atoms with Crippen LogP contribution in [0.2, 0.25) is 0 Å². The number of nitrogens with one attached hydrogen (secondary N) is 1. The van der Waals surface area contributed by atoms with Crippen molar-refractivity contribution in [1.82, 2.24) is 4.72 Å². The highest BCUT2D eigenvalue weighted by molar-refractivity contribution is 7.89. The van der Waals surface area contributed by atoms with Crippen molar-refractivity contribution in [1.29, 1.82) is 0 Å². The Bertz CT molecular complexity index is 1020. The number of benzene rings is 2. The van der Waals surface area contributed by atoms with E-state index in [4.69, 9.17) is 9.47 Å². The molecular weight excluding hydrogens is 392 g/mol. The van der Waals surface area contributed by atoms with E-state index in [9.17, 15) is 13.2 Å². The van der Waals surface area contributed by atoms with Gasteiger partial charge in [-0.05, 0) is 61.7 Å². The van der Waals surface area contributed by atoms with E-state index in [2.05, 4.69) is 4.72 Å². The fourth-order valence-electron chi connectivity index (χ4n) is 3.61. The monoisotopic (exact) mass is 418 g/mol. The van der Waals surface area contributed by atoms with Gasteiger partial charge in [-0.3, -0.25) is 4.79 Å². The Morgan fingerprint density at radius 3 is 2.62 bits per heavy atom. The topological polar surface area (TPSA) is 84.9 Å². The second-order valence-corrected chi connectivity index (χ2v) is 8.74. The van der Waals surface area contributed by atoms with Crippen molar-refractivity contribution in [2.45, 2.75) is 44.7 Å². The predicted molar refractivity (Wildman–Crippen MR) is 111 cm³/mol. The van der Waals surface area contributed by atoms with E-state index in [1.807, 2.05) is 13.8 Å². The van der Waals surface area contributed by atoms with Gasteiger partial charge in [-0.1, -0.05) is 6.07 Å². The zero-order valence-electron chi connectivity index (χ0n) is 17.1. The maximum Gasteiger partial charge on any atom is 0.240 e. The lowest BCUT2D eigenvalue weighted by atomic mass is 10.1. The average molecular weight is 419 g/mol. The molecule has 1 heterocycles. The van der Waals surface area contributed by atoms with Gasteiger partial charge in [0.2, 0.25) is 15.9 Å². The summed E-state index contributed by atoms with van der Waals surface area (Å²) in [6.45, 7) is 5.99. The predicted octanol–water partition coefficient (Wildman–Crippen LogP) is 2.87. The molecule has 0 aromatic heterocycles. The van der Waals surface area contributed by atoms with Gasteiger partial charge in [-0.15, -0.1) is 0 Å². The number of ether oxygens (including phenoxy) is 2. The van der Waals surface area contributed by atoms with Crippen LogP contribution in [0.4, 0.5) is 5.69 Å². The molecule has 1 N–H and O–H groups in total.